The maximum Gasteiger partial charge on any atom is 0.338 e. The highest BCUT2D eigenvalue weighted by molar-refractivity contribution is 5.97. The molecule has 0 saturated carbocycles. The highest BCUT2D eigenvalue weighted by atomic mass is 16.5. The van der Waals surface area contributed by atoms with E-state index in [1.54, 1.807) is 12.1 Å². The fraction of sp³-hybridized carbons (Fsp3) is 0.238. The third-order valence-electron chi connectivity index (χ3n) is 3.96. The molecule has 0 saturated heterocycles. The van der Waals surface area contributed by atoms with Gasteiger partial charge >= 0.3 is 11.9 Å². The Hall–Kier alpha value is -3.66. The molecule has 0 aliphatic carbocycles. The summed E-state index contributed by atoms with van der Waals surface area (Å²) in [7, 11) is 1.27. The number of nitrogens with zero attached hydrogens (tertiary/aromatic N) is 2. The summed E-state index contributed by atoms with van der Waals surface area (Å²) in [4.78, 5) is 37.5. The van der Waals surface area contributed by atoms with Gasteiger partial charge in [-0.3, -0.25) is 4.79 Å². The number of anilines is 1. The zero-order chi connectivity index (χ0) is 20.5. The van der Waals surface area contributed by atoms with E-state index in [2.05, 4.69) is 4.74 Å². The van der Waals surface area contributed by atoms with Crippen molar-refractivity contribution in [3.8, 4) is 6.07 Å². The van der Waals surface area contributed by atoms with Crippen LogP contribution in [0.25, 0.3) is 0 Å². The molecule has 0 atom stereocenters. The Bertz CT molecular complexity index is 883. The van der Waals surface area contributed by atoms with Gasteiger partial charge < -0.3 is 14.4 Å². The Kier molecular flexibility index (Phi) is 7.28. The first-order valence-electron chi connectivity index (χ1n) is 8.55. The quantitative estimate of drug-likeness (QED) is 0.685. The largest absolute Gasteiger partial charge is 0.465 e. The first kappa shape index (κ1) is 20.6. The van der Waals surface area contributed by atoms with E-state index in [-0.39, 0.29) is 18.5 Å². The van der Waals surface area contributed by atoms with Gasteiger partial charge in [-0.2, -0.15) is 5.26 Å². The Morgan fingerprint density at radius 2 is 1.54 bits per heavy atom. The minimum atomic E-state index is -0.686. The standard InChI is InChI=1S/C21H20N2O5/c1-15-4-10-18(11-5-15)23(13-3-12-22)19(24)14-28-21(26)17-8-6-16(7-9-17)20(25)27-2/h4-11H,3,13-14H2,1-2H3. The molecule has 0 N–H and O–H groups in total. The first-order chi connectivity index (χ1) is 13.5. The van der Waals surface area contributed by atoms with Crippen molar-refractivity contribution in [3.63, 3.8) is 0 Å². The minimum Gasteiger partial charge on any atom is -0.465 e. The normalized spacial score (nSPS) is 9.89. The molecule has 0 aliphatic rings. The summed E-state index contributed by atoms with van der Waals surface area (Å²) in [5.74, 6) is -1.63. The number of amides is 1. The lowest BCUT2D eigenvalue weighted by Crippen LogP contribution is -2.35. The Balaban J connectivity index is 2.02. The van der Waals surface area contributed by atoms with Crippen LogP contribution in [-0.4, -0.2) is 38.1 Å². The van der Waals surface area contributed by atoms with E-state index in [9.17, 15) is 14.4 Å². The lowest BCUT2D eigenvalue weighted by atomic mass is 10.1. The molecule has 2 aromatic rings. The fourth-order valence-corrected chi connectivity index (χ4v) is 2.43. The smallest absolute Gasteiger partial charge is 0.338 e. The van der Waals surface area contributed by atoms with E-state index in [4.69, 9.17) is 10.00 Å². The maximum absolute atomic E-state index is 12.5. The number of benzene rings is 2. The van der Waals surface area contributed by atoms with Crippen molar-refractivity contribution in [1.29, 1.82) is 5.26 Å². The van der Waals surface area contributed by atoms with Crippen LogP contribution in [0.15, 0.2) is 48.5 Å². The molecule has 0 unspecified atom stereocenters. The summed E-state index contributed by atoms with van der Waals surface area (Å²) in [5.41, 5.74) is 2.18. The lowest BCUT2D eigenvalue weighted by Gasteiger charge is -2.21. The van der Waals surface area contributed by atoms with Crippen molar-refractivity contribution < 1.29 is 23.9 Å². The van der Waals surface area contributed by atoms with E-state index < -0.39 is 24.5 Å². The number of hydrogen-bond donors (Lipinski definition) is 0. The topological polar surface area (TPSA) is 96.7 Å². The van der Waals surface area contributed by atoms with Gasteiger partial charge in [0.25, 0.3) is 5.91 Å². The van der Waals surface area contributed by atoms with E-state index in [0.29, 0.717) is 11.3 Å². The van der Waals surface area contributed by atoms with Crippen LogP contribution >= 0.6 is 0 Å². The Labute approximate surface area is 163 Å². The average Bonchev–Trinajstić information content (AvgIpc) is 2.73. The molecule has 0 radical (unpaired) electrons. The number of aryl methyl sites for hydroxylation is 1. The van der Waals surface area contributed by atoms with Crippen LogP contribution in [0.5, 0.6) is 0 Å². The van der Waals surface area contributed by atoms with Gasteiger partial charge in [0.05, 0.1) is 30.7 Å². The second-order valence-electron chi connectivity index (χ2n) is 5.93. The molecule has 0 bridgehead atoms. The van der Waals surface area contributed by atoms with Crippen molar-refractivity contribution in [2.24, 2.45) is 0 Å². The predicted octanol–water partition coefficient (Wildman–Crippen LogP) is 2.89. The van der Waals surface area contributed by atoms with Gasteiger partial charge in [0.1, 0.15) is 0 Å². The van der Waals surface area contributed by atoms with Gasteiger partial charge in [0, 0.05) is 12.2 Å². The highest BCUT2D eigenvalue weighted by Gasteiger charge is 2.18. The molecule has 7 nitrogen and oxygen atoms in total. The molecule has 0 fully saturated rings. The number of methoxy groups -OCH3 is 1. The summed E-state index contributed by atoms with van der Waals surface area (Å²) in [6.45, 7) is 1.67. The van der Waals surface area contributed by atoms with E-state index in [1.165, 1.54) is 36.3 Å². The number of carbonyl (C=O) groups excluding carboxylic acids is 3. The molecule has 28 heavy (non-hydrogen) atoms. The van der Waals surface area contributed by atoms with Crippen LogP contribution in [0, 0.1) is 18.3 Å². The number of carbonyl (C=O) groups is 3. The van der Waals surface area contributed by atoms with Crippen LogP contribution in [0.4, 0.5) is 5.69 Å². The van der Waals surface area contributed by atoms with Crippen molar-refractivity contribution in [3.05, 3.63) is 65.2 Å². The minimum absolute atomic E-state index is 0.155. The lowest BCUT2D eigenvalue weighted by molar-refractivity contribution is -0.121. The molecule has 0 aliphatic heterocycles. The van der Waals surface area contributed by atoms with Crippen molar-refractivity contribution >= 4 is 23.5 Å². The summed E-state index contributed by atoms with van der Waals surface area (Å²) < 4.78 is 9.69. The summed E-state index contributed by atoms with van der Waals surface area (Å²) >= 11 is 0. The molecule has 7 heteroatoms. The molecular weight excluding hydrogens is 360 g/mol. The van der Waals surface area contributed by atoms with Crippen LogP contribution in [0.1, 0.15) is 32.7 Å². The van der Waals surface area contributed by atoms with Gasteiger partial charge in [-0.1, -0.05) is 17.7 Å². The summed E-state index contributed by atoms with van der Waals surface area (Å²) in [6, 6.07) is 15.0. The predicted molar refractivity (Wildman–Crippen MR) is 102 cm³/mol. The molecular formula is C21H20N2O5. The van der Waals surface area contributed by atoms with Gasteiger partial charge in [0.15, 0.2) is 6.61 Å². The molecule has 2 aromatic carbocycles. The second-order valence-corrected chi connectivity index (χ2v) is 5.93. The van der Waals surface area contributed by atoms with Crippen molar-refractivity contribution in [2.75, 3.05) is 25.2 Å². The second kappa shape index (κ2) is 9.88. The van der Waals surface area contributed by atoms with Gasteiger partial charge in [-0.15, -0.1) is 0 Å². The maximum atomic E-state index is 12.5. The molecule has 0 heterocycles. The monoisotopic (exact) mass is 380 g/mol. The molecule has 0 spiro atoms. The third kappa shape index (κ3) is 5.42. The fourth-order valence-electron chi connectivity index (χ4n) is 2.43. The molecule has 0 aromatic heterocycles. The van der Waals surface area contributed by atoms with E-state index in [0.717, 1.165) is 5.56 Å². The third-order valence-corrected chi connectivity index (χ3v) is 3.96. The van der Waals surface area contributed by atoms with Gasteiger partial charge in [-0.05, 0) is 43.3 Å². The molecule has 2 rings (SSSR count). The van der Waals surface area contributed by atoms with Crippen molar-refractivity contribution in [2.45, 2.75) is 13.3 Å². The Morgan fingerprint density at radius 3 is 2.07 bits per heavy atom. The number of nitriles is 1. The SMILES string of the molecule is COC(=O)c1ccc(C(=O)OCC(=O)N(CCC#N)c2ccc(C)cc2)cc1. The zero-order valence-electron chi connectivity index (χ0n) is 15.7. The Morgan fingerprint density at radius 1 is 0.964 bits per heavy atom. The van der Waals surface area contributed by atoms with Crippen molar-refractivity contribution in [1.82, 2.24) is 0 Å². The van der Waals surface area contributed by atoms with Gasteiger partial charge in [-0.25, -0.2) is 9.59 Å². The van der Waals surface area contributed by atoms with Crippen LogP contribution in [0.3, 0.4) is 0 Å². The van der Waals surface area contributed by atoms with Crippen LogP contribution in [0.2, 0.25) is 0 Å². The zero-order valence-corrected chi connectivity index (χ0v) is 15.7. The molecule has 1 amide bonds. The summed E-state index contributed by atoms with van der Waals surface area (Å²) in [5, 5.41) is 8.83. The van der Waals surface area contributed by atoms with E-state index in [1.807, 2.05) is 25.1 Å². The summed E-state index contributed by atoms with van der Waals surface area (Å²) in [6.07, 6.45) is 0.155. The first-order valence-corrected chi connectivity index (χ1v) is 8.55. The highest BCUT2D eigenvalue weighted by Crippen LogP contribution is 2.16. The van der Waals surface area contributed by atoms with Crippen LogP contribution in [-0.2, 0) is 14.3 Å². The number of esters is 2. The van der Waals surface area contributed by atoms with E-state index >= 15 is 0 Å². The number of hydrogen-bond acceptors (Lipinski definition) is 6. The molecule has 144 valence electrons. The number of rotatable bonds is 7. The van der Waals surface area contributed by atoms with Crippen LogP contribution < -0.4 is 4.90 Å². The average molecular weight is 380 g/mol. The number of ether oxygens (including phenoxy) is 2. The van der Waals surface area contributed by atoms with Gasteiger partial charge in [0.2, 0.25) is 0 Å².